The van der Waals surface area contributed by atoms with E-state index in [1.54, 1.807) is 18.2 Å². The fraction of sp³-hybridized carbons (Fsp3) is 0.192. The Labute approximate surface area is 204 Å². The van der Waals surface area contributed by atoms with Crippen molar-refractivity contribution in [2.75, 3.05) is 36.4 Å². The molecule has 2 heterocycles. The van der Waals surface area contributed by atoms with Crippen molar-refractivity contribution in [1.82, 2.24) is 10.2 Å². The van der Waals surface area contributed by atoms with Crippen LogP contribution in [0.2, 0.25) is 0 Å². The van der Waals surface area contributed by atoms with Gasteiger partial charge in [0.2, 0.25) is 5.91 Å². The van der Waals surface area contributed by atoms with E-state index in [-0.39, 0.29) is 16.9 Å². The SMILES string of the molecule is Cc1ccc(C(=O)N2CCN(c3ccc(NC(=S)NC(=O)/C=C/c4ccco4)cc3)CC2)cc1. The number of anilines is 2. The largest absolute Gasteiger partial charge is 0.465 e. The minimum absolute atomic E-state index is 0.0776. The van der Waals surface area contributed by atoms with Gasteiger partial charge in [-0.3, -0.25) is 14.9 Å². The summed E-state index contributed by atoms with van der Waals surface area (Å²) in [4.78, 5) is 28.9. The number of piperazine rings is 1. The maximum atomic E-state index is 12.7. The van der Waals surface area contributed by atoms with Crippen LogP contribution in [0.1, 0.15) is 21.7 Å². The van der Waals surface area contributed by atoms with E-state index < -0.39 is 0 Å². The summed E-state index contributed by atoms with van der Waals surface area (Å²) in [5.41, 5.74) is 3.72. The first-order chi connectivity index (χ1) is 16.5. The Morgan fingerprint density at radius 3 is 2.32 bits per heavy atom. The van der Waals surface area contributed by atoms with Gasteiger partial charge in [-0.25, -0.2) is 0 Å². The summed E-state index contributed by atoms with van der Waals surface area (Å²) in [6.07, 6.45) is 4.47. The van der Waals surface area contributed by atoms with Crippen molar-refractivity contribution in [2.24, 2.45) is 0 Å². The average molecular weight is 475 g/mol. The molecule has 1 aliphatic rings. The molecule has 8 heteroatoms. The summed E-state index contributed by atoms with van der Waals surface area (Å²) in [5, 5.41) is 5.83. The predicted octanol–water partition coefficient (Wildman–Crippen LogP) is 4.08. The summed E-state index contributed by atoms with van der Waals surface area (Å²) in [7, 11) is 0. The molecule has 1 saturated heterocycles. The van der Waals surface area contributed by atoms with Gasteiger partial charge in [-0.05, 0) is 73.7 Å². The molecule has 0 spiro atoms. The number of nitrogens with zero attached hydrogens (tertiary/aromatic N) is 2. The molecule has 7 nitrogen and oxygen atoms in total. The van der Waals surface area contributed by atoms with Gasteiger partial charge in [0.25, 0.3) is 5.91 Å². The van der Waals surface area contributed by atoms with Crippen molar-refractivity contribution in [1.29, 1.82) is 0 Å². The quantitative estimate of drug-likeness (QED) is 0.429. The van der Waals surface area contributed by atoms with E-state index in [2.05, 4.69) is 15.5 Å². The first-order valence-corrected chi connectivity index (χ1v) is 11.4. The Kier molecular flexibility index (Phi) is 7.39. The minimum atomic E-state index is -0.344. The average Bonchev–Trinajstić information content (AvgIpc) is 3.37. The molecular formula is C26H26N4O3S. The van der Waals surface area contributed by atoms with E-state index in [1.165, 1.54) is 12.3 Å². The maximum absolute atomic E-state index is 12.7. The smallest absolute Gasteiger partial charge is 0.253 e. The first-order valence-electron chi connectivity index (χ1n) is 11.0. The molecule has 0 bridgehead atoms. The molecule has 2 N–H and O–H groups in total. The zero-order valence-corrected chi connectivity index (χ0v) is 19.7. The first kappa shape index (κ1) is 23.3. The lowest BCUT2D eigenvalue weighted by molar-refractivity contribution is -0.115. The topological polar surface area (TPSA) is 77.8 Å². The molecule has 3 aromatic rings. The van der Waals surface area contributed by atoms with Crippen LogP contribution in [0, 0.1) is 6.92 Å². The molecule has 1 fully saturated rings. The highest BCUT2D eigenvalue weighted by Gasteiger charge is 2.22. The fourth-order valence-electron chi connectivity index (χ4n) is 3.66. The Hall–Kier alpha value is -3.91. The lowest BCUT2D eigenvalue weighted by Crippen LogP contribution is -2.48. The highest BCUT2D eigenvalue weighted by molar-refractivity contribution is 7.80. The van der Waals surface area contributed by atoms with E-state index in [0.717, 1.165) is 35.6 Å². The van der Waals surface area contributed by atoms with Crippen LogP contribution in [0.4, 0.5) is 11.4 Å². The van der Waals surface area contributed by atoms with Crippen molar-refractivity contribution in [3.05, 3.63) is 89.9 Å². The zero-order chi connectivity index (χ0) is 23.9. The number of carbonyl (C=O) groups excluding carboxylic acids is 2. The van der Waals surface area contributed by atoms with Gasteiger partial charge in [0, 0.05) is 49.2 Å². The van der Waals surface area contributed by atoms with E-state index in [0.29, 0.717) is 18.8 Å². The van der Waals surface area contributed by atoms with Crippen molar-refractivity contribution in [3.63, 3.8) is 0 Å². The Morgan fingerprint density at radius 2 is 1.68 bits per heavy atom. The minimum Gasteiger partial charge on any atom is -0.465 e. The van der Waals surface area contributed by atoms with Crippen LogP contribution < -0.4 is 15.5 Å². The third-order valence-electron chi connectivity index (χ3n) is 5.53. The molecule has 0 atom stereocenters. The van der Waals surface area contributed by atoms with Gasteiger partial charge in [0.15, 0.2) is 5.11 Å². The van der Waals surface area contributed by atoms with Gasteiger partial charge in [-0.1, -0.05) is 17.7 Å². The molecule has 0 unspecified atom stereocenters. The lowest BCUT2D eigenvalue weighted by Gasteiger charge is -2.36. The Morgan fingerprint density at radius 1 is 0.971 bits per heavy atom. The number of furan rings is 1. The number of thiocarbonyl (C=S) groups is 1. The number of rotatable bonds is 5. The molecule has 0 radical (unpaired) electrons. The molecule has 1 aromatic heterocycles. The van der Waals surface area contributed by atoms with Gasteiger partial charge < -0.3 is 19.5 Å². The van der Waals surface area contributed by atoms with Crippen LogP contribution in [-0.2, 0) is 4.79 Å². The molecule has 2 aromatic carbocycles. The lowest BCUT2D eigenvalue weighted by atomic mass is 10.1. The third-order valence-corrected chi connectivity index (χ3v) is 5.74. The highest BCUT2D eigenvalue weighted by atomic mass is 32.1. The number of hydrogen-bond donors (Lipinski definition) is 2. The molecule has 174 valence electrons. The molecule has 2 amide bonds. The number of nitrogens with one attached hydrogen (secondary N) is 2. The van der Waals surface area contributed by atoms with Gasteiger partial charge >= 0.3 is 0 Å². The van der Waals surface area contributed by atoms with Crippen molar-refractivity contribution >= 4 is 46.6 Å². The van der Waals surface area contributed by atoms with Crippen LogP contribution >= 0.6 is 12.2 Å². The van der Waals surface area contributed by atoms with Gasteiger partial charge in [-0.15, -0.1) is 0 Å². The van der Waals surface area contributed by atoms with E-state index in [9.17, 15) is 9.59 Å². The summed E-state index contributed by atoms with van der Waals surface area (Å²) in [5.74, 6) is 0.322. The summed E-state index contributed by atoms with van der Waals surface area (Å²) < 4.78 is 5.15. The summed E-state index contributed by atoms with van der Waals surface area (Å²) in [6, 6.07) is 19.0. The summed E-state index contributed by atoms with van der Waals surface area (Å²) in [6.45, 7) is 4.89. The van der Waals surface area contributed by atoms with Crippen LogP contribution in [0.25, 0.3) is 6.08 Å². The van der Waals surface area contributed by atoms with Crippen LogP contribution in [0.5, 0.6) is 0 Å². The van der Waals surface area contributed by atoms with Gasteiger partial charge in [0.1, 0.15) is 5.76 Å². The normalized spacial score (nSPS) is 13.7. The van der Waals surface area contributed by atoms with Crippen LogP contribution in [0.15, 0.2) is 77.4 Å². The van der Waals surface area contributed by atoms with Crippen molar-refractivity contribution < 1.29 is 14.0 Å². The van der Waals surface area contributed by atoms with Crippen molar-refractivity contribution in [2.45, 2.75) is 6.92 Å². The van der Waals surface area contributed by atoms with E-state index in [4.69, 9.17) is 16.6 Å². The Bertz CT molecular complexity index is 1160. The third kappa shape index (κ3) is 6.11. The second-order valence-corrected chi connectivity index (χ2v) is 8.39. The monoisotopic (exact) mass is 474 g/mol. The zero-order valence-electron chi connectivity index (χ0n) is 18.9. The second-order valence-electron chi connectivity index (χ2n) is 7.98. The Balaban J connectivity index is 1.25. The van der Waals surface area contributed by atoms with E-state index in [1.807, 2.05) is 60.4 Å². The summed E-state index contributed by atoms with van der Waals surface area (Å²) >= 11 is 5.22. The fourth-order valence-corrected chi connectivity index (χ4v) is 3.88. The van der Waals surface area contributed by atoms with Gasteiger partial charge in [-0.2, -0.15) is 0 Å². The molecule has 4 rings (SSSR count). The second kappa shape index (κ2) is 10.8. The number of amides is 2. The number of hydrogen-bond acceptors (Lipinski definition) is 5. The maximum Gasteiger partial charge on any atom is 0.253 e. The molecule has 34 heavy (non-hydrogen) atoms. The molecule has 0 aliphatic carbocycles. The van der Waals surface area contributed by atoms with Crippen LogP contribution in [-0.4, -0.2) is 48.0 Å². The van der Waals surface area contributed by atoms with Crippen molar-refractivity contribution in [3.8, 4) is 0 Å². The standard InChI is InChI=1S/C26H26N4O3S/c1-19-4-6-20(7-5-19)25(32)30-16-14-29(15-17-30)22-10-8-21(9-11-22)27-26(34)28-24(31)13-12-23-3-2-18-33-23/h2-13,18H,14-17H2,1H3,(H2,27,28,31,34)/b13-12+. The molecule has 0 saturated carbocycles. The molecular weight excluding hydrogens is 448 g/mol. The van der Waals surface area contributed by atoms with E-state index >= 15 is 0 Å². The van der Waals surface area contributed by atoms with Gasteiger partial charge in [0.05, 0.1) is 6.26 Å². The predicted molar refractivity (Wildman–Crippen MR) is 138 cm³/mol. The molecule has 1 aliphatic heterocycles. The van der Waals surface area contributed by atoms with Crippen LogP contribution in [0.3, 0.4) is 0 Å². The number of aryl methyl sites for hydroxylation is 1. The number of benzene rings is 2. The number of carbonyl (C=O) groups is 2. The highest BCUT2D eigenvalue weighted by Crippen LogP contribution is 2.20.